The van der Waals surface area contributed by atoms with E-state index in [0.717, 1.165) is 22.1 Å². The van der Waals surface area contributed by atoms with Crippen LogP contribution in [0.3, 0.4) is 0 Å². The van der Waals surface area contributed by atoms with Crippen LogP contribution < -0.4 is 16.2 Å². The van der Waals surface area contributed by atoms with Gasteiger partial charge >= 0.3 is 12.1 Å². The highest BCUT2D eigenvalue weighted by molar-refractivity contribution is 5.94. The largest absolute Gasteiger partial charge is 0.458 e. The molecule has 12 heteroatoms. The van der Waals surface area contributed by atoms with Gasteiger partial charge in [-0.3, -0.25) is 9.59 Å². The zero-order chi connectivity index (χ0) is 32.4. The van der Waals surface area contributed by atoms with Crippen molar-refractivity contribution in [1.29, 1.82) is 0 Å². The maximum atomic E-state index is 15.1. The van der Waals surface area contributed by atoms with Crippen LogP contribution in [0.5, 0.6) is 0 Å². The lowest BCUT2D eigenvalue weighted by atomic mass is 9.81. The molecule has 2 amide bonds. The van der Waals surface area contributed by atoms with Gasteiger partial charge in [-0.05, 0) is 76.1 Å². The van der Waals surface area contributed by atoms with Gasteiger partial charge in [0, 0.05) is 35.5 Å². The molecule has 238 valence electrons. The minimum absolute atomic E-state index is 0.0141. The first-order chi connectivity index (χ1) is 21.2. The van der Waals surface area contributed by atoms with Crippen LogP contribution in [0.2, 0.25) is 0 Å². The van der Waals surface area contributed by atoms with E-state index in [-0.39, 0.29) is 55.4 Å². The number of carbonyl (C=O) groups excluding carboxylic acids is 3. The number of hydrogen-bond acceptors (Lipinski definition) is 8. The van der Waals surface area contributed by atoms with E-state index in [1.54, 1.807) is 45.3 Å². The summed E-state index contributed by atoms with van der Waals surface area (Å²) in [4.78, 5) is 56.3. The van der Waals surface area contributed by atoms with Gasteiger partial charge in [-0.2, -0.15) is 0 Å². The number of benzene rings is 1. The summed E-state index contributed by atoms with van der Waals surface area (Å²) < 4.78 is 27.1. The predicted molar refractivity (Wildman–Crippen MR) is 162 cm³/mol. The Morgan fingerprint density at radius 1 is 1.22 bits per heavy atom. The molecule has 0 radical (unpaired) electrons. The van der Waals surface area contributed by atoms with Gasteiger partial charge in [0.05, 0.1) is 35.1 Å². The molecule has 6 rings (SSSR count). The van der Waals surface area contributed by atoms with Crippen molar-refractivity contribution in [2.24, 2.45) is 0 Å². The summed E-state index contributed by atoms with van der Waals surface area (Å²) in [5.74, 6) is -1.41. The van der Waals surface area contributed by atoms with Gasteiger partial charge in [-0.15, -0.1) is 0 Å². The first-order valence-electron chi connectivity index (χ1n) is 15.3. The van der Waals surface area contributed by atoms with Gasteiger partial charge in [-0.1, -0.05) is 6.92 Å². The topological polar surface area (TPSA) is 149 Å². The Morgan fingerprint density at radius 2 is 1.98 bits per heavy atom. The van der Waals surface area contributed by atoms with Crippen LogP contribution in [0.4, 0.5) is 9.18 Å². The Morgan fingerprint density at radius 3 is 2.69 bits per heavy atom. The molecular formula is C33H37FN4O7. The number of fused-ring (bicyclic) bond motifs is 5. The van der Waals surface area contributed by atoms with Crippen LogP contribution in [-0.2, 0) is 44.2 Å². The first-order valence-corrected chi connectivity index (χ1v) is 15.3. The van der Waals surface area contributed by atoms with E-state index in [4.69, 9.17) is 14.5 Å². The molecule has 0 spiro atoms. The van der Waals surface area contributed by atoms with E-state index in [1.807, 2.05) is 0 Å². The van der Waals surface area contributed by atoms with Crippen molar-refractivity contribution in [3.63, 3.8) is 0 Å². The number of hydrogen-bond donors (Lipinski definition) is 3. The Labute approximate surface area is 259 Å². The highest BCUT2D eigenvalue weighted by atomic mass is 19.1. The van der Waals surface area contributed by atoms with Gasteiger partial charge in [0.15, 0.2) is 5.60 Å². The summed E-state index contributed by atoms with van der Waals surface area (Å²) in [7, 11) is 0. The maximum absolute atomic E-state index is 15.1. The highest BCUT2D eigenvalue weighted by Gasteiger charge is 2.46. The molecule has 0 bridgehead atoms. The molecule has 1 aliphatic carbocycles. The minimum atomic E-state index is -1.97. The van der Waals surface area contributed by atoms with Gasteiger partial charge in [0.25, 0.3) is 5.56 Å². The number of aromatic nitrogens is 2. The van der Waals surface area contributed by atoms with Gasteiger partial charge in [0.1, 0.15) is 18.0 Å². The predicted octanol–water partition coefficient (Wildman–Crippen LogP) is 3.94. The zero-order valence-corrected chi connectivity index (χ0v) is 26.1. The third-order valence-corrected chi connectivity index (χ3v) is 8.96. The van der Waals surface area contributed by atoms with Crippen LogP contribution >= 0.6 is 0 Å². The first kappa shape index (κ1) is 30.7. The van der Waals surface area contributed by atoms with Crippen LogP contribution in [-0.4, -0.2) is 44.8 Å². The molecule has 2 atom stereocenters. The molecule has 2 aromatic heterocycles. The number of nitrogens with one attached hydrogen (secondary N) is 2. The minimum Gasteiger partial charge on any atom is -0.458 e. The van der Waals surface area contributed by atoms with Crippen molar-refractivity contribution in [2.45, 2.75) is 97.1 Å². The standard InChI is InChI=1S/C33H37FN4O7/c1-6-33(43)20-12-24-28-18(14-38(24)29(40)19(20)15-44-30(33)41)27-22(10-9-17-16(2)21(34)13-23(37-28)26(17)27)36-25(39)8-7-11-35-31(42)45-32(3,4)5/h12-13,22,43H,6-11,14-15H2,1-5H3,(H,35,42)(H,36,39). The lowest BCUT2D eigenvalue weighted by Gasteiger charge is -2.31. The molecule has 11 nitrogen and oxygen atoms in total. The molecule has 0 saturated carbocycles. The van der Waals surface area contributed by atoms with Gasteiger partial charge in [0.2, 0.25) is 5.91 Å². The van der Waals surface area contributed by atoms with Crippen LogP contribution in [0.1, 0.15) is 92.8 Å². The smallest absolute Gasteiger partial charge is 0.407 e. The number of cyclic esters (lactones) is 1. The second kappa shape index (κ2) is 10.9. The lowest BCUT2D eigenvalue weighted by Crippen LogP contribution is -2.44. The summed E-state index contributed by atoms with van der Waals surface area (Å²) in [5.41, 5.74) is 1.56. The average molecular weight is 621 g/mol. The third kappa shape index (κ3) is 5.14. The van der Waals surface area contributed by atoms with E-state index in [9.17, 15) is 24.3 Å². The molecule has 4 heterocycles. The Balaban J connectivity index is 1.36. The van der Waals surface area contributed by atoms with Crippen molar-refractivity contribution in [2.75, 3.05) is 6.54 Å². The Hall–Kier alpha value is -4.32. The second-order valence-electron chi connectivity index (χ2n) is 13.0. The molecule has 45 heavy (non-hydrogen) atoms. The summed E-state index contributed by atoms with van der Waals surface area (Å²) >= 11 is 0. The molecule has 0 saturated heterocycles. The van der Waals surface area contributed by atoms with E-state index in [1.165, 1.54) is 6.07 Å². The number of carbonyl (C=O) groups is 3. The average Bonchev–Trinajstić information content (AvgIpc) is 3.34. The number of ether oxygens (including phenoxy) is 2. The van der Waals surface area contributed by atoms with Gasteiger partial charge in [-0.25, -0.2) is 19.0 Å². The number of esters is 1. The molecule has 2 aliphatic heterocycles. The van der Waals surface area contributed by atoms with Crippen LogP contribution in [0.15, 0.2) is 16.9 Å². The Kier molecular flexibility index (Phi) is 7.46. The third-order valence-electron chi connectivity index (χ3n) is 8.96. The fourth-order valence-electron chi connectivity index (χ4n) is 6.72. The zero-order valence-electron chi connectivity index (χ0n) is 26.1. The summed E-state index contributed by atoms with van der Waals surface area (Å²) in [6, 6.07) is 2.58. The summed E-state index contributed by atoms with van der Waals surface area (Å²) in [6.07, 6.45) is 1.08. The van der Waals surface area contributed by atoms with E-state index < -0.39 is 34.9 Å². The molecule has 0 fully saturated rings. The van der Waals surface area contributed by atoms with Crippen molar-refractivity contribution >= 4 is 28.9 Å². The number of aliphatic hydroxyl groups is 1. The fourth-order valence-corrected chi connectivity index (χ4v) is 6.72. The monoisotopic (exact) mass is 620 g/mol. The second-order valence-corrected chi connectivity index (χ2v) is 13.0. The SMILES string of the molecule is CCC1(O)C(=O)OCc2c1cc1n(c2=O)Cc2c-1nc1cc(F)c(C)c3c1c2C(NC(=O)CCCNC(=O)OC(C)(C)C)CC3. The number of halogens is 1. The number of pyridine rings is 2. The van der Waals surface area contributed by atoms with E-state index in [2.05, 4.69) is 10.6 Å². The number of rotatable bonds is 6. The van der Waals surface area contributed by atoms with Crippen molar-refractivity contribution < 1.29 is 33.4 Å². The summed E-state index contributed by atoms with van der Waals surface area (Å²) in [5, 5.41) is 17.8. The van der Waals surface area contributed by atoms with Crippen molar-refractivity contribution in [1.82, 2.24) is 20.2 Å². The number of aryl methyl sites for hydroxylation is 1. The van der Waals surface area contributed by atoms with E-state index >= 15 is 4.39 Å². The maximum Gasteiger partial charge on any atom is 0.407 e. The number of nitrogens with zero attached hydrogens (tertiary/aromatic N) is 2. The fraction of sp³-hybridized carbons (Fsp3) is 0.485. The van der Waals surface area contributed by atoms with Crippen molar-refractivity contribution in [3.8, 4) is 11.4 Å². The molecule has 1 aromatic carbocycles. The highest BCUT2D eigenvalue weighted by Crippen LogP contribution is 2.46. The number of amides is 2. The molecular weight excluding hydrogens is 583 g/mol. The number of alkyl carbamates (subject to hydrolysis) is 1. The van der Waals surface area contributed by atoms with Crippen LogP contribution in [0, 0.1) is 12.7 Å². The molecule has 2 unspecified atom stereocenters. The van der Waals surface area contributed by atoms with Crippen molar-refractivity contribution in [3.05, 3.63) is 61.7 Å². The quantitative estimate of drug-likeness (QED) is 0.217. The lowest BCUT2D eigenvalue weighted by molar-refractivity contribution is -0.172. The normalized spacial score (nSPS) is 19.8. The molecule has 3 aromatic rings. The van der Waals surface area contributed by atoms with E-state index in [0.29, 0.717) is 41.7 Å². The van der Waals surface area contributed by atoms with Crippen LogP contribution in [0.25, 0.3) is 22.3 Å². The van der Waals surface area contributed by atoms with Gasteiger partial charge < -0.3 is 29.8 Å². The molecule has 3 N–H and O–H groups in total. The molecule has 3 aliphatic rings. The Bertz CT molecular complexity index is 1840. The summed E-state index contributed by atoms with van der Waals surface area (Å²) in [6.45, 7) is 8.87.